The average molecular weight is 359 g/mol. The molecule has 25 heavy (non-hydrogen) atoms. The third kappa shape index (κ3) is 3.59. The van der Waals surface area contributed by atoms with Gasteiger partial charge in [0.15, 0.2) is 0 Å². The maximum Gasteiger partial charge on any atom is 0.216 e. The second kappa shape index (κ2) is 6.71. The first kappa shape index (κ1) is 17.0. The van der Waals surface area contributed by atoms with Gasteiger partial charge in [-0.1, -0.05) is 36.4 Å². The molecule has 0 bridgehead atoms. The number of hydrogen-bond donors (Lipinski definition) is 0. The van der Waals surface area contributed by atoms with Crippen LogP contribution in [0.25, 0.3) is 10.8 Å². The van der Waals surface area contributed by atoms with Crippen LogP contribution in [0.1, 0.15) is 31.2 Å². The molecule has 1 saturated carbocycles. The second-order valence-electron chi connectivity index (χ2n) is 7.45. The normalized spacial score (nSPS) is 20.4. The number of sulfonamides is 1. The molecule has 1 heterocycles. The SMILES string of the molecule is CN(C1CCN(Cc2ccc3ccccc3c2)CC1)S(=O)(=O)C1CC1. The van der Waals surface area contributed by atoms with Gasteiger partial charge in [-0.25, -0.2) is 12.7 Å². The van der Waals surface area contributed by atoms with Crippen LogP contribution >= 0.6 is 0 Å². The molecule has 0 radical (unpaired) electrons. The maximum atomic E-state index is 12.4. The van der Waals surface area contributed by atoms with Gasteiger partial charge in [0.1, 0.15) is 0 Å². The predicted molar refractivity (Wildman–Crippen MR) is 102 cm³/mol. The van der Waals surface area contributed by atoms with Gasteiger partial charge in [0.05, 0.1) is 5.25 Å². The standard InChI is InChI=1S/C20H26N2O2S/c1-21(25(23,24)20-8-9-20)19-10-12-22(13-11-19)15-16-6-7-17-4-2-3-5-18(17)14-16/h2-7,14,19-20H,8-13,15H2,1H3. The number of rotatable bonds is 5. The zero-order valence-corrected chi connectivity index (χ0v) is 15.6. The first-order chi connectivity index (χ1) is 12.0. The summed E-state index contributed by atoms with van der Waals surface area (Å²) < 4.78 is 26.5. The first-order valence-corrected chi connectivity index (χ1v) is 10.7. The number of fused-ring (bicyclic) bond motifs is 1. The quantitative estimate of drug-likeness (QED) is 0.824. The highest BCUT2D eigenvalue weighted by Crippen LogP contribution is 2.33. The van der Waals surface area contributed by atoms with Crippen molar-refractivity contribution in [2.24, 2.45) is 0 Å². The van der Waals surface area contributed by atoms with Crippen molar-refractivity contribution in [1.29, 1.82) is 0 Å². The van der Waals surface area contributed by atoms with Gasteiger partial charge < -0.3 is 0 Å². The monoisotopic (exact) mass is 358 g/mol. The van der Waals surface area contributed by atoms with Gasteiger partial charge in [-0.15, -0.1) is 0 Å². The van der Waals surface area contributed by atoms with E-state index in [-0.39, 0.29) is 11.3 Å². The van der Waals surface area contributed by atoms with Gasteiger partial charge >= 0.3 is 0 Å². The minimum Gasteiger partial charge on any atom is -0.299 e. The molecular weight excluding hydrogens is 332 g/mol. The van der Waals surface area contributed by atoms with Crippen molar-refractivity contribution in [2.75, 3.05) is 20.1 Å². The molecule has 0 aromatic heterocycles. The summed E-state index contributed by atoms with van der Waals surface area (Å²) in [6.07, 6.45) is 3.53. The Kier molecular flexibility index (Phi) is 4.56. The maximum absolute atomic E-state index is 12.4. The Morgan fingerprint density at radius 2 is 1.68 bits per heavy atom. The molecule has 0 amide bonds. The Labute approximate surface area is 150 Å². The minimum absolute atomic E-state index is 0.104. The summed E-state index contributed by atoms with van der Waals surface area (Å²) in [4.78, 5) is 2.44. The van der Waals surface area contributed by atoms with Crippen molar-refractivity contribution in [3.8, 4) is 0 Å². The lowest BCUT2D eigenvalue weighted by molar-refractivity contribution is 0.164. The smallest absolute Gasteiger partial charge is 0.216 e. The zero-order valence-electron chi connectivity index (χ0n) is 14.8. The summed E-state index contributed by atoms with van der Waals surface area (Å²) >= 11 is 0. The molecule has 2 aromatic carbocycles. The van der Waals surface area contributed by atoms with Crippen molar-refractivity contribution in [3.63, 3.8) is 0 Å². The fourth-order valence-corrected chi connectivity index (χ4v) is 5.67. The van der Waals surface area contributed by atoms with E-state index < -0.39 is 10.0 Å². The van der Waals surface area contributed by atoms with Crippen LogP contribution in [-0.4, -0.2) is 49.1 Å². The van der Waals surface area contributed by atoms with Crippen LogP contribution in [0.15, 0.2) is 42.5 Å². The number of piperidine rings is 1. The van der Waals surface area contributed by atoms with E-state index >= 15 is 0 Å². The Balaban J connectivity index is 1.36. The minimum atomic E-state index is -3.05. The molecule has 0 spiro atoms. The topological polar surface area (TPSA) is 40.6 Å². The molecule has 1 aliphatic heterocycles. The molecule has 2 aliphatic rings. The Morgan fingerprint density at radius 3 is 2.36 bits per heavy atom. The van der Waals surface area contributed by atoms with E-state index in [1.54, 1.807) is 11.4 Å². The number of benzene rings is 2. The van der Waals surface area contributed by atoms with Crippen LogP contribution in [0.3, 0.4) is 0 Å². The first-order valence-electron chi connectivity index (χ1n) is 9.21. The molecule has 0 unspecified atom stereocenters. The summed E-state index contributed by atoms with van der Waals surface area (Å²) in [5, 5.41) is 2.45. The van der Waals surface area contributed by atoms with Gasteiger partial charge in [0, 0.05) is 32.7 Å². The van der Waals surface area contributed by atoms with Crippen LogP contribution in [0.2, 0.25) is 0 Å². The molecule has 2 aromatic rings. The largest absolute Gasteiger partial charge is 0.299 e. The Morgan fingerprint density at radius 1 is 1.00 bits per heavy atom. The lowest BCUT2D eigenvalue weighted by Gasteiger charge is -2.36. The molecule has 1 saturated heterocycles. The molecule has 4 rings (SSSR count). The highest BCUT2D eigenvalue weighted by Gasteiger charge is 2.41. The van der Waals surface area contributed by atoms with Crippen LogP contribution in [0.5, 0.6) is 0 Å². The van der Waals surface area contributed by atoms with Crippen LogP contribution in [0, 0.1) is 0 Å². The van der Waals surface area contributed by atoms with Gasteiger partial charge in [0.2, 0.25) is 10.0 Å². The van der Waals surface area contributed by atoms with E-state index in [4.69, 9.17) is 0 Å². The fourth-order valence-electron chi connectivity index (χ4n) is 3.85. The molecule has 1 aliphatic carbocycles. The summed E-state index contributed by atoms with van der Waals surface area (Å²) in [5.41, 5.74) is 1.33. The second-order valence-corrected chi connectivity index (χ2v) is 9.72. The van der Waals surface area contributed by atoms with Crippen molar-refractivity contribution >= 4 is 20.8 Å². The van der Waals surface area contributed by atoms with E-state index in [0.717, 1.165) is 45.3 Å². The molecule has 2 fully saturated rings. The van der Waals surface area contributed by atoms with E-state index in [2.05, 4.69) is 47.4 Å². The predicted octanol–water partition coefficient (Wildman–Crippen LogP) is 3.23. The van der Waals surface area contributed by atoms with Crippen LogP contribution in [-0.2, 0) is 16.6 Å². The van der Waals surface area contributed by atoms with Crippen molar-refractivity contribution in [2.45, 2.75) is 43.5 Å². The zero-order chi connectivity index (χ0) is 17.4. The average Bonchev–Trinajstić information content (AvgIpc) is 3.47. The number of nitrogens with zero attached hydrogens (tertiary/aromatic N) is 2. The van der Waals surface area contributed by atoms with Gasteiger partial charge in [-0.3, -0.25) is 4.90 Å². The molecule has 5 heteroatoms. The van der Waals surface area contributed by atoms with E-state index in [0.29, 0.717) is 0 Å². The van der Waals surface area contributed by atoms with Crippen molar-refractivity contribution in [1.82, 2.24) is 9.21 Å². The summed E-state index contributed by atoms with van der Waals surface area (Å²) in [6, 6.07) is 15.3. The van der Waals surface area contributed by atoms with Crippen molar-refractivity contribution < 1.29 is 8.42 Å². The fraction of sp³-hybridized carbons (Fsp3) is 0.500. The third-order valence-electron chi connectivity index (χ3n) is 5.64. The Bertz CT molecular complexity index is 853. The molecular formula is C20H26N2O2S. The molecule has 0 atom stereocenters. The van der Waals surface area contributed by atoms with Gasteiger partial charge in [0.25, 0.3) is 0 Å². The van der Waals surface area contributed by atoms with Crippen LogP contribution < -0.4 is 0 Å². The number of hydrogen-bond acceptors (Lipinski definition) is 3. The number of likely N-dealkylation sites (tertiary alicyclic amines) is 1. The molecule has 134 valence electrons. The summed E-state index contributed by atoms with van der Waals surface area (Å²) in [6.45, 7) is 2.86. The lowest BCUT2D eigenvalue weighted by atomic mass is 10.0. The third-order valence-corrected chi connectivity index (χ3v) is 8.05. The van der Waals surface area contributed by atoms with Crippen molar-refractivity contribution in [3.05, 3.63) is 48.0 Å². The van der Waals surface area contributed by atoms with E-state index in [1.807, 2.05) is 0 Å². The summed E-state index contributed by atoms with van der Waals surface area (Å²) in [7, 11) is -1.28. The van der Waals surface area contributed by atoms with Gasteiger partial charge in [-0.2, -0.15) is 0 Å². The Hall–Kier alpha value is -1.43. The highest BCUT2D eigenvalue weighted by atomic mass is 32.2. The highest BCUT2D eigenvalue weighted by molar-refractivity contribution is 7.90. The molecule has 0 N–H and O–H groups in total. The van der Waals surface area contributed by atoms with Crippen LogP contribution in [0.4, 0.5) is 0 Å². The van der Waals surface area contributed by atoms with E-state index in [9.17, 15) is 8.42 Å². The van der Waals surface area contributed by atoms with Gasteiger partial charge in [-0.05, 0) is 48.1 Å². The summed E-state index contributed by atoms with van der Waals surface area (Å²) in [5.74, 6) is 0. The lowest BCUT2D eigenvalue weighted by Crippen LogP contribution is -2.46. The molecule has 4 nitrogen and oxygen atoms in total. The van der Waals surface area contributed by atoms with E-state index in [1.165, 1.54) is 16.3 Å².